The fraction of sp³-hybridized carbons (Fsp3) is 0.120. The summed E-state index contributed by atoms with van der Waals surface area (Å²) in [5.41, 5.74) is 0.650. The fourth-order valence-corrected chi connectivity index (χ4v) is 3.35. The van der Waals surface area contributed by atoms with Crippen LogP contribution in [0.25, 0.3) is 11.0 Å². The van der Waals surface area contributed by atoms with Gasteiger partial charge in [-0.1, -0.05) is 29.8 Å². The van der Waals surface area contributed by atoms with Gasteiger partial charge in [-0.05, 0) is 61.4 Å². The normalized spacial score (nSPS) is 11.5. The SMILES string of the molecule is Cc1ccc(C(=O)Oc2ccc3c(=O)c(Oc4ccccc4Cl)c(C(F)(F)F)oc3c2)cc1C. The Morgan fingerprint density at radius 2 is 1.71 bits per heavy atom. The van der Waals surface area contributed by atoms with Gasteiger partial charge in [-0.3, -0.25) is 4.79 Å². The number of rotatable bonds is 4. The molecular formula is C25H16ClF3O5. The third-order valence-electron chi connectivity index (χ3n) is 5.08. The molecule has 0 atom stereocenters. The molecule has 9 heteroatoms. The second-order valence-corrected chi connectivity index (χ2v) is 7.87. The number of hydrogen-bond acceptors (Lipinski definition) is 5. The van der Waals surface area contributed by atoms with Crippen LogP contribution in [0, 0.1) is 13.8 Å². The first-order chi connectivity index (χ1) is 16.0. The number of ether oxygens (including phenoxy) is 2. The lowest BCUT2D eigenvalue weighted by Crippen LogP contribution is -2.16. The van der Waals surface area contributed by atoms with Gasteiger partial charge >= 0.3 is 12.1 Å². The van der Waals surface area contributed by atoms with Crippen molar-refractivity contribution in [2.24, 2.45) is 0 Å². The lowest BCUT2D eigenvalue weighted by atomic mass is 10.1. The number of esters is 1. The summed E-state index contributed by atoms with van der Waals surface area (Å²) in [6.07, 6.45) is -5.05. The summed E-state index contributed by atoms with van der Waals surface area (Å²) in [6.45, 7) is 3.72. The summed E-state index contributed by atoms with van der Waals surface area (Å²) in [5, 5.41) is -0.176. The molecule has 3 aromatic carbocycles. The monoisotopic (exact) mass is 488 g/mol. The Balaban J connectivity index is 1.76. The van der Waals surface area contributed by atoms with E-state index in [4.69, 9.17) is 25.5 Å². The predicted molar refractivity (Wildman–Crippen MR) is 120 cm³/mol. The quantitative estimate of drug-likeness (QED) is 0.226. The minimum absolute atomic E-state index is 0.0173. The van der Waals surface area contributed by atoms with Crippen LogP contribution in [-0.4, -0.2) is 5.97 Å². The van der Waals surface area contributed by atoms with E-state index in [-0.39, 0.29) is 27.5 Å². The maximum atomic E-state index is 13.7. The van der Waals surface area contributed by atoms with Crippen LogP contribution in [0.5, 0.6) is 17.2 Å². The van der Waals surface area contributed by atoms with Crippen molar-refractivity contribution in [1.82, 2.24) is 0 Å². The summed E-state index contributed by atoms with van der Waals surface area (Å²) >= 11 is 5.96. The molecule has 174 valence electrons. The summed E-state index contributed by atoms with van der Waals surface area (Å²) in [6, 6.07) is 14.3. The van der Waals surface area contributed by atoms with Gasteiger partial charge in [0.2, 0.25) is 11.2 Å². The average Bonchev–Trinajstić information content (AvgIpc) is 2.78. The van der Waals surface area contributed by atoms with Crippen molar-refractivity contribution in [2.75, 3.05) is 0 Å². The first-order valence-corrected chi connectivity index (χ1v) is 10.3. The molecular weight excluding hydrogens is 473 g/mol. The van der Waals surface area contributed by atoms with Crippen molar-refractivity contribution in [1.29, 1.82) is 0 Å². The Labute approximate surface area is 196 Å². The van der Waals surface area contributed by atoms with E-state index in [1.54, 1.807) is 24.3 Å². The first kappa shape index (κ1) is 23.4. The van der Waals surface area contributed by atoms with Crippen LogP contribution in [0.4, 0.5) is 13.2 Å². The second-order valence-electron chi connectivity index (χ2n) is 7.47. The number of hydrogen-bond donors (Lipinski definition) is 0. The average molecular weight is 489 g/mol. The van der Waals surface area contributed by atoms with Gasteiger partial charge in [-0.25, -0.2) is 4.79 Å². The molecule has 0 aliphatic carbocycles. The zero-order chi connectivity index (χ0) is 24.6. The van der Waals surface area contributed by atoms with Gasteiger partial charge in [0, 0.05) is 6.07 Å². The highest BCUT2D eigenvalue weighted by Gasteiger charge is 2.40. The maximum Gasteiger partial charge on any atom is 0.453 e. The zero-order valence-electron chi connectivity index (χ0n) is 17.8. The van der Waals surface area contributed by atoms with Crippen LogP contribution in [0.3, 0.4) is 0 Å². The summed E-state index contributed by atoms with van der Waals surface area (Å²) in [4.78, 5) is 25.4. The molecule has 0 aliphatic heterocycles. The van der Waals surface area contributed by atoms with Crippen molar-refractivity contribution in [3.05, 3.63) is 98.4 Å². The first-order valence-electron chi connectivity index (χ1n) is 9.94. The number of para-hydroxylation sites is 1. The van der Waals surface area contributed by atoms with Gasteiger partial charge in [0.15, 0.2) is 0 Å². The molecule has 0 saturated carbocycles. The van der Waals surface area contributed by atoms with Gasteiger partial charge in [0.05, 0.1) is 16.0 Å². The Bertz CT molecular complexity index is 1470. The van der Waals surface area contributed by atoms with E-state index in [2.05, 4.69) is 0 Å². The maximum absolute atomic E-state index is 13.7. The van der Waals surface area contributed by atoms with Crippen molar-refractivity contribution in [2.45, 2.75) is 20.0 Å². The smallest absolute Gasteiger partial charge is 0.448 e. The zero-order valence-corrected chi connectivity index (χ0v) is 18.6. The fourth-order valence-electron chi connectivity index (χ4n) is 3.17. The molecule has 0 saturated heterocycles. The highest BCUT2D eigenvalue weighted by molar-refractivity contribution is 6.32. The highest BCUT2D eigenvalue weighted by atomic mass is 35.5. The number of carbonyl (C=O) groups excluding carboxylic acids is 1. The molecule has 0 spiro atoms. The number of fused-ring (bicyclic) bond motifs is 1. The lowest BCUT2D eigenvalue weighted by molar-refractivity contribution is -0.154. The molecule has 0 unspecified atom stereocenters. The summed E-state index contributed by atoms with van der Waals surface area (Å²) < 4.78 is 56.7. The summed E-state index contributed by atoms with van der Waals surface area (Å²) in [7, 11) is 0. The van der Waals surface area contributed by atoms with Crippen molar-refractivity contribution in [3.63, 3.8) is 0 Å². The summed E-state index contributed by atoms with van der Waals surface area (Å²) in [5.74, 6) is -3.62. The van der Waals surface area contributed by atoms with Crippen LogP contribution in [0.1, 0.15) is 27.2 Å². The van der Waals surface area contributed by atoms with E-state index in [1.807, 2.05) is 13.8 Å². The minimum Gasteiger partial charge on any atom is -0.448 e. The number of alkyl halides is 3. The molecule has 0 aliphatic rings. The number of carbonyl (C=O) groups is 1. The van der Waals surface area contributed by atoms with E-state index < -0.39 is 34.7 Å². The Hall–Kier alpha value is -3.78. The molecule has 0 radical (unpaired) electrons. The molecule has 0 amide bonds. The Morgan fingerprint density at radius 1 is 0.971 bits per heavy atom. The van der Waals surface area contributed by atoms with E-state index in [1.165, 1.54) is 30.3 Å². The van der Waals surface area contributed by atoms with Gasteiger partial charge in [-0.2, -0.15) is 13.2 Å². The molecule has 4 aromatic rings. The Morgan fingerprint density at radius 3 is 2.38 bits per heavy atom. The van der Waals surface area contributed by atoms with E-state index in [9.17, 15) is 22.8 Å². The number of aryl methyl sites for hydroxylation is 2. The molecule has 5 nitrogen and oxygen atoms in total. The minimum atomic E-state index is -5.05. The molecule has 0 fully saturated rings. The number of halogens is 4. The highest BCUT2D eigenvalue weighted by Crippen LogP contribution is 2.39. The van der Waals surface area contributed by atoms with Crippen molar-refractivity contribution >= 4 is 28.5 Å². The third kappa shape index (κ3) is 4.63. The van der Waals surface area contributed by atoms with Crippen LogP contribution in [-0.2, 0) is 6.18 Å². The van der Waals surface area contributed by atoms with E-state index in [0.717, 1.165) is 17.2 Å². The van der Waals surface area contributed by atoms with Crippen LogP contribution in [0.15, 0.2) is 69.9 Å². The topological polar surface area (TPSA) is 65.7 Å². The second kappa shape index (κ2) is 8.87. The molecule has 0 bridgehead atoms. The third-order valence-corrected chi connectivity index (χ3v) is 5.39. The molecule has 34 heavy (non-hydrogen) atoms. The number of benzene rings is 3. The molecule has 1 heterocycles. The lowest BCUT2D eigenvalue weighted by Gasteiger charge is -2.14. The van der Waals surface area contributed by atoms with Gasteiger partial charge in [0.1, 0.15) is 17.1 Å². The molecule has 4 rings (SSSR count). The van der Waals surface area contributed by atoms with Gasteiger partial charge in [0.25, 0.3) is 5.76 Å². The van der Waals surface area contributed by atoms with E-state index in [0.29, 0.717) is 0 Å². The molecule has 0 N–H and O–H groups in total. The molecule has 1 aromatic heterocycles. The largest absolute Gasteiger partial charge is 0.453 e. The van der Waals surface area contributed by atoms with E-state index >= 15 is 0 Å². The van der Waals surface area contributed by atoms with Crippen LogP contribution in [0.2, 0.25) is 5.02 Å². The van der Waals surface area contributed by atoms with Crippen LogP contribution >= 0.6 is 11.6 Å². The van der Waals surface area contributed by atoms with Gasteiger partial charge < -0.3 is 13.9 Å². The van der Waals surface area contributed by atoms with Gasteiger partial charge in [-0.15, -0.1) is 0 Å². The predicted octanol–water partition coefficient (Wildman–Crippen LogP) is 7.09. The standard InChI is InChI=1S/C25H16ClF3O5/c1-13-7-8-15(11-14(13)2)24(31)32-16-9-10-17-20(12-16)34-23(25(27,28)29)22(21(17)30)33-19-6-4-3-5-18(19)26/h3-12H,1-2H3. The van der Waals surface area contributed by atoms with Crippen molar-refractivity contribution < 1.29 is 31.9 Å². The Kier molecular flexibility index (Phi) is 6.10. The van der Waals surface area contributed by atoms with Crippen molar-refractivity contribution in [3.8, 4) is 17.2 Å². The van der Waals surface area contributed by atoms with Crippen LogP contribution < -0.4 is 14.9 Å².